The SMILES string of the molecule is COC(=O)C(O)Cc1cc(Br)cnc1F. The number of methoxy groups -OCH3 is 1. The van der Waals surface area contributed by atoms with Gasteiger partial charge in [-0.3, -0.25) is 0 Å². The number of aliphatic hydroxyl groups excluding tert-OH is 1. The topological polar surface area (TPSA) is 59.4 Å². The molecule has 0 saturated carbocycles. The van der Waals surface area contributed by atoms with E-state index in [0.29, 0.717) is 4.47 Å². The molecule has 6 heteroatoms. The average Bonchev–Trinajstić information content (AvgIpc) is 2.22. The number of halogens is 2. The highest BCUT2D eigenvalue weighted by molar-refractivity contribution is 9.10. The number of hydrogen-bond donors (Lipinski definition) is 1. The summed E-state index contributed by atoms with van der Waals surface area (Å²) in [6.45, 7) is 0. The number of esters is 1. The summed E-state index contributed by atoms with van der Waals surface area (Å²) >= 11 is 3.11. The molecule has 82 valence electrons. The Morgan fingerprint density at radius 2 is 2.47 bits per heavy atom. The molecule has 0 saturated heterocycles. The van der Waals surface area contributed by atoms with Gasteiger partial charge in [0.15, 0.2) is 6.10 Å². The van der Waals surface area contributed by atoms with E-state index in [1.54, 1.807) is 0 Å². The molecule has 1 atom stereocenters. The van der Waals surface area contributed by atoms with Crippen molar-refractivity contribution in [2.24, 2.45) is 0 Å². The number of nitrogens with zero attached hydrogens (tertiary/aromatic N) is 1. The Bertz CT molecular complexity index is 372. The molecule has 1 rings (SSSR count). The smallest absolute Gasteiger partial charge is 0.335 e. The third-order valence-corrected chi connectivity index (χ3v) is 2.20. The molecule has 0 aliphatic heterocycles. The maximum atomic E-state index is 13.1. The first-order valence-corrected chi connectivity index (χ1v) is 4.89. The van der Waals surface area contributed by atoms with E-state index >= 15 is 0 Å². The van der Waals surface area contributed by atoms with Crippen LogP contribution in [-0.4, -0.2) is 29.3 Å². The molecular formula is C9H9BrFNO3. The van der Waals surface area contributed by atoms with E-state index < -0.39 is 18.0 Å². The van der Waals surface area contributed by atoms with Gasteiger partial charge in [-0.2, -0.15) is 4.39 Å². The summed E-state index contributed by atoms with van der Waals surface area (Å²) < 4.78 is 18.0. The Hall–Kier alpha value is -1.01. The molecular weight excluding hydrogens is 269 g/mol. The van der Waals surface area contributed by atoms with Crippen LogP contribution in [0.25, 0.3) is 0 Å². The second-order valence-corrected chi connectivity index (χ2v) is 3.76. The lowest BCUT2D eigenvalue weighted by Crippen LogP contribution is -2.24. The van der Waals surface area contributed by atoms with Crippen molar-refractivity contribution in [2.75, 3.05) is 7.11 Å². The maximum absolute atomic E-state index is 13.1. The molecule has 0 amide bonds. The lowest BCUT2D eigenvalue weighted by Gasteiger charge is -2.08. The highest BCUT2D eigenvalue weighted by Crippen LogP contribution is 2.14. The van der Waals surface area contributed by atoms with Crippen molar-refractivity contribution in [3.05, 3.63) is 28.2 Å². The van der Waals surface area contributed by atoms with Crippen molar-refractivity contribution < 1.29 is 19.0 Å². The van der Waals surface area contributed by atoms with Gasteiger partial charge in [-0.05, 0) is 22.0 Å². The van der Waals surface area contributed by atoms with Crippen LogP contribution in [0.2, 0.25) is 0 Å². The minimum Gasteiger partial charge on any atom is -0.467 e. The molecule has 0 spiro atoms. The van der Waals surface area contributed by atoms with E-state index in [4.69, 9.17) is 0 Å². The zero-order valence-corrected chi connectivity index (χ0v) is 9.49. The average molecular weight is 278 g/mol. The van der Waals surface area contributed by atoms with Gasteiger partial charge < -0.3 is 9.84 Å². The Balaban J connectivity index is 2.80. The molecule has 4 nitrogen and oxygen atoms in total. The fourth-order valence-corrected chi connectivity index (χ4v) is 1.41. The highest BCUT2D eigenvalue weighted by Gasteiger charge is 2.18. The van der Waals surface area contributed by atoms with E-state index in [9.17, 15) is 14.3 Å². The standard InChI is InChI=1S/C9H9BrFNO3/c1-15-9(14)7(13)3-5-2-6(10)4-12-8(5)11/h2,4,7,13H,3H2,1H3. The summed E-state index contributed by atoms with van der Waals surface area (Å²) in [5, 5.41) is 9.30. The molecule has 0 aliphatic rings. The van der Waals surface area contributed by atoms with Gasteiger partial charge >= 0.3 is 5.97 Å². The van der Waals surface area contributed by atoms with E-state index in [1.807, 2.05) is 0 Å². The Labute approximate surface area is 94.2 Å². The summed E-state index contributed by atoms with van der Waals surface area (Å²) in [5.74, 6) is -1.50. The Morgan fingerprint density at radius 1 is 1.80 bits per heavy atom. The van der Waals surface area contributed by atoms with Crippen molar-refractivity contribution in [2.45, 2.75) is 12.5 Å². The third kappa shape index (κ3) is 3.24. The minimum atomic E-state index is -1.37. The first-order valence-electron chi connectivity index (χ1n) is 4.10. The van der Waals surface area contributed by atoms with Crippen LogP contribution in [-0.2, 0) is 16.0 Å². The highest BCUT2D eigenvalue weighted by atomic mass is 79.9. The number of rotatable bonds is 3. The van der Waals surface area contributed by atoms with Crippen molar-refractivity contribution in [3.63, 3.8) is 0 Å². The monoisotopic (exact) mass is 277 g/mol. The zero-order valence-electron chi connectivity index (χ0n) is 7.91. The van der Waals surface area contributed by atoms with E-state index in [2.05, 4.69) is 25.7 Å². The number of hydrogen-bond acceptors (Lipinski definition) is 4. The van der Waals surface area contributed by atoms with Crippen molar-refractivity contribution >= 4 is 21.9 Å². The quantitative estimate of drug-likeness (QED) is 0.663. The van der Waals surface area contributed by atoms with E-state index in [0.717, 1.165) is 7.11 Å². The number of ether oxygens (including phenoxy) is 1. The third-order valence-electron chi connectivity index (χ3n) is 1.76. The van der Waals surface area contributed by atoms with Crippen LogP contribution in [0.15, 0.2) is 16.7 Å². The first-order chi connectivity index (χ1) is 7.04. The van der Waals surface area contributed by atoms with Gasteiger partial charge in [0.2, 0.25) is 5.95 Å². The molecule has 0 aliphatic carbocycles. The molecule has 0 aromatic carbocycles. The zero-order chi connectivity index (χ0) is 11.4. The Kier molecular flexibility index (Phi) is 4.16. The molecule has 1 N–H and O–H groups in total. The maximum Gasteiger partial charge on any atom is 0.335 e. The molecule has 0 bridgehead atoms. The van der Waals surface area contributed by atoms with Crippen LogP contribution in [0, 0.1) is 5.95 Å². The van der Waals surface area contributed by atoms with Gasteiger partial charge in [-0.15, -0.1) is 0 Å². The summed E-state index contributed by atoms with van der Waals surface area (Å²) in [6.07, 6.45) is -0.241. The van der Waals surface area contributed by atoms with Crippen LogP contribution < -0.4 is 0 Å². The second kappa shape index (κ2) is 5.18. The largest absolute Gasteiger partial charge is 0.467 e. The lowest BCUT2D eigenvalue weighted by molar-refractivity contribution is -0.150. The normalized spacial score (nSPS) is 12.3. The number of carbonyl (C=O) groups excluding carboxylic acids is 1. The predicted molar refractivity (Wildman–Crippen MR) is 53.6 cm³/mol. The summed E-state index contributed by atoms with van der Waals surface area (Å²) in [6, 6.07) is 1.45. The minimum absolute atomic E-state index is 0.155. The molecule has 1 heterocycles. The van der Waals surface area contributed by atoms with Crippen LogP contribution >= 0.6 is 15.9 Å². The van der Waals surface area contributed by atoms with Crippen LogP contribution in [0.5, 0.6) is 0 Å². The number of aliphatic hydroxyl groups is 1. The number of pyridine rings is 1. The van der Waals surface area contributed by atoms with Crippen LogP contribution in [0.4, 0.5) is 4.39 Å². The summed E-state index contributed by atoms with van der Waals surface area (Å²) in [5.41, 5.74) is 0.155. The summed E-state index contributed by atoms with van der Waals surface area (Å²) in [7, 11) is 1.15. The van der Waals surface area contributed by atoms with Crippen LogP contribution in [0.1, 0.15) is 5.56 Å². The van der Waals surface area contributed by atoms with Gasteiger partial charge in [0.1, 0.15) is 0 Å². The van der Waals surface area contributed by atoms with E-state index in [-0.39, 0.29) is 12.0 Å². The van der Waals surface area contributed by atoms with Gasteiger partial charge in [0.05, 0.1) is 7.11 Å². The second-order valence-electron chi connectivity index (χ2n) is 2.85. The predicted octanol–water partition coefficient (Wildman–Crippen LogP) is 1.06. The molecule has 1 unspecified atom stereocenters. The Morgan fingerprint density at radius 3 is 3.07 bits per heavy atom. The fraction of sp³-hybridized carbons (Fsp3) is 0.333. The van der Waals surface area contributed by atoms with Crippen molar-refractivity contribution in [1.82, 2.24) is 4.98 Å². The molecule has 0 fully saturated rings. The lowest BCUT2D eigenvalue weighted by atomic mass is 10.1. The first kappa shape index (κ1) is 12.1. The van der Waals surface area contributed by atoms with Gasteiger partial charge in [0.25, 0.3) is 0 Å². The van der Waals surface area contributed by atoms with Gasteiger partial charge in [-0.25, -0.2) is 9.78 Å². The number of carbonyl (C=O) groups is 1. The fourth-order valence-electron chi connectivity index (χ4n) is 1.04. The van der Waals surface area contributed by atoms with Gasteiger partial charge in [-0.1, -0.05) is 0 Å². The molecule has 0 radical (unpaired) electrons. The molecule has 1 aromatic heterocycles. The van der Waals surface area contributed by atoms with Gasteiger partial charge in [0, 0.05) is 22.7 Å². The molecule has 15 heavy (non-hydrogen) atoms. The van der Waals surface area contributed by atoms with Crippen molar-refractivity contribution in [3.8, 4) is 0 Å². The molecule has 1 aromatic rings. The van der Waals surface area contributed by atoms with Crippen LogP contribution in [0.3, 0.4) is 0 Å². The van der Waals surface area contributed by atoms with E-state index in [1.165, 1.54) is 12.3 Å². The summed E-state index contributed by atoms with van der Waals surface area (Å²) in [4.78, 5) is 14.3. The van der Waals surface area contributed by atoms with Crippen molar-refractivity contribution in [1.29, 1.82) is 0 Å². The number of aromatic nitrogens is 1.